The van der Waals surface area contributed by atoms with E-state index in [9.17, 15) is 14.4 Å². The molecule has 1 aromatic carbocycles. The van der Waals surface area contributed by atoms with Crippen LogP contribution >= 0.6 is 11.3 Å². The number of nitrogens with one attached hydrogen (secondary N) is 2. The summed E-state index contributed by atoms with van der Waals surface area (Å²) in [5.41, 5.74) is 6.46. The number of carbonyl (C=O) groups is 3. The Morgan fingerprint density at radius 3 is 2.46 bits per heavy atom. The maximum Gasteiger partial charge on any atom is 0.289 e. The number of hydrogen-bond donors (Lipinski definition) is 2. The van der Waals surface area contributed by atoms with Gasteiger partial charge in [0.15, 0.2) is 0 Å². The lowest BCUT2D eigenvalue weighted by molar-refractivity contribution is 0.0706. The molecule has 0 atom stereocenters. The fourth-order valence-corrected chi connectivity index (χ4v) is 5.22. The number of aromatic nitrogens is 3. The number of amides is 3. The average Bonchev–Trinajstić information content (AvgIpc) is 3.46. The molecule has 188 valence electrons. The van der Waals surface area contributed by atoms with E-state index in [1.165, 1.54) is 23.7 Å². The lowest BCUT2D eigenvalue weighted by Gasteiger charge is -2.31. The van der Waals surface area contributed by atoms with Crippen molar-refractivity contribution in [3.8, 4) is 5.75 Å². The van der Waals surface area contributed by atoms with Gasteiger partial charge < -0.3 is 9.64 Å². The molecule has 1 fully saturated rings. The number of likely N-dealkylation sites (tertiary alicyclic amines) is 1. The van der Waals surface area contributed by atoms with E-state index >= 15 is 0 Å². The molecule has 1 aliphatic rings. The van der Waals surface area contributed by atoms with Crippen LogP contribution in [-0.4, -0.2) is 57.8 Å². The predicted molar refractivity (Wildman–Crippen MR) is 137 cm³/mol. The number of rotatable bonds is 5. The summed E-state index contributed by atoms with van der Waals surface area (Å²) in [5.74, 6) is -0.308. The number of hydrazine groups is 1. The third-order valence-electron chi connectivity index (χ3n) is 6.24. The summed E-state index contributed by atoms with van der Waals surface area (Å²) in [4.78, 5) is 52.4. The highest BCUT2D eigenvalue weighted by Gasteiger charge is 2.28. The van der Waals surface area contributed by atoms with Gasteiger partial charge in [-0.3, -0.25) is 30.2 Å². The Balaban J connectivity index is 1.18. The molecular formula is C26H24N6O4S. The van der Waals surface area contributed by atoms with E-state index in [0.29, 0.717) is 35.6 Å². The van der Waals surface area contributed by atoms with Gasteiger partial charge >= 0.3 is 0 Å². The highest BCUT2D eigenvalue weighted by atomic mass is 32.1. The Labute approximate surface area is 216 Å². The minimum atomic E-state index is -0.492. The largest absolute Gasteiger partial charge is 0.496 e. The van der Waals surface area contributed by atoms with Crippen molar-refractivity contribution in [3.05, 3.63) is 82.2 Å². The fourth-order valence-electron chi connectivity index (χ4n) is 4.25. The first-order valence-corrected chi connectivity index (χ1v) is 12.6. The topological polar surface area (TPSA) is 126 Å². The third kappa shape index (κ3) is 5.26. The molecule has 11 heteroatoms. The van der Waals surface area contributed by atoms with Gasteiger partial charge in [0.2, 0.25) is 0 Å². The van der Waals surface area contributed by atoms with E-state index in [1.807, 2.05) is 24.3 Å². The Hall–Kier alpha value is -4.38. The summed E-state index contributed by atoms with van der Waals surface area (Å²) in [6, 6.07) is 12.4. The van der Waals surface area contributed by atoms with Crippen LogP contribution in [0.1, 0.15) is 55.1 Å². The van der Waals surface area contributed by atoms with Crippen LogP contribution in [0.3, 0.4) is 0 Å². The van der Waals surface area contributed by atoms with Crippen LogP contribution in [0.25, 0.3) is 10.9 Å². The molecule has 0 spiro atoms. The number of thiazole rings is 1. The van der Waals surface area contributed by atoms with Crippen molar-refractivity contribution in [1.82, 2.24) is 30.7 Å². The Bertz CT molecular complexity index is 1450. The molecule has 0 aliphatic carbocycles. The standard InChI is InChI=1S/C26H24N6O4S/c1-36-22-14-20(28-19-5-3-2-4-18(19)22)26(35)32-12-8-17(9-13-32)25-29-21(15-37-25)24(34)31-30-23(33)16-6-10-27-11-7-16/h2-7,10-11,14-15,17H,8-9,12-13H2,1H3,(H,30,33)(H,31,34). The van der Waals surface area contributed by atoms with E-state index in [-0.39, 0.29) is 17.5 Å². The monoisotopic (exact) mass is 516 g/mol. The summed E-state index contributed by atoms with van der Waals surface area (Å²) in [5, 5.41) is 3.37. The normalized spacial score (nSPS) is 13.8. The van der Waals surface area contributed by atoms with Crippen LogP contribution in [0, 0.1) is 0 Å². The molecule has 0 bridgehead atoms. The van der Waals surface area contributed by atoms with Crippen molar-refractivity contribution in [1.29, 1.82) is 0 Å². The number of pyridine rings is 2. The summed E-state index contributed by atoms with van der Waals surface area (Å²) >= 11 is 1.40. The summed E-state index contributed by atoms with van der Waals surface area (Å²) in [6.07, 6.45) is 4.45. The molecule has 0 saturated carbocycles. The van der Waals surface area contributed by atoms with Crippen LogP contribution in [-0.2, 0) is 0 Å². The summed E-state index contributed by atoms with van der Waals surface area (Å²) < 4.78 is 5.48. The van der Waals surface area contributed by atoms with E-state index in [1.54, 1.807) is 35.6 Å². The van der Waals surface area contributed by atoms with E-state index < -0.39 is 11.8 Å². The van der Waals surface area contributed by atoms with E-state index in [2.05, 4.69) is 25.8 Å². The predicted octanol–water partition coefficient (Wildman–Crippen LogP) is 3.19. The van der Waals surface area contributed by atoms with Gasteiger partial charge in [0.1, 0.15) is 17.1 Å². The summed E-state index contributed by atoms with van der Waals surface area (Å²) in [7, 11) is 1.58. The number of benzene rings is 1. The van der Waals surface area contributed by atoms with E-state index in [4.69, 9.17) is 4.74 Å². The highest BCUT2D eigenvalue weighted by molar-refractivity contribution is 7.09. The van der Waals surface area contributed by atoms with Gasteiger partial charge in [0.05, 0.1) is 17.6 Å². The Morgan fingerprint density at radius 1 is 0.973 bits per heavy atom. The lowest BCUT2D eigenvalue weighted by Crippen LogP contribution is -2.41. The third-order valence-corrected chi connectivity index (χ3v) is 7.24. The molecule has 1 saturated heterocycles. The van der Waals surface area contributed by atoms with Gasteiger partial charge in [-0.1, -0.05) is 12.1 Å². The number of methoxy groups -OCH3 is 1. The van der Waals surface area contributed by atoms with E-state index in [0.717, 1.165) is 23.2 Å². The van der Waals surface area contributed by atoms with Crippen molar-refractivity contribution in [3.63, 3.8) is 0 Å². The second-order valence-corrected chi connectivity index (χ2v) is 9.40. The van der Waals surface area contributed by atoms with Crippen LogP contribution in [0.2, 0.25) is 0 Å². The zero-order valence-corrected chi connectivity index (χ0v) is 20.8. The quantitative estimate of drug-likeness (QED) is 0.390. The Morgan fingerprint density at radius 2 is 1.70 bits per heavy atom. The second-order valence-electron chi connectivity index (χ2n) is 8.51. The minimum absolute atomic E-state index is 0.133. The van der Waals surface area contributed by atoms with Crippen molar-refractivity contribution >= 4 is 40.0 Å². The van der Waals surface area contributed by atoms with Crippen LogP contribution in [0.5, 0.6) is 5.75 Å². The molecule has 4 heterocycles. The first kappa shape index (κ1) is 24.3. The van der Waals surface area contributed by atoms with Crippen LogP contribution < -0.4 is 15.6 Å². The number of fused-ring (bicyclic) bond motifs is 1. The van der Waals surface area contributed by atoms with Gasteiger partial charge in [0.25, 0.3) is 17.7 Å². The average molecular weight is 517 g/mol. The highest BCUT2D eigenvalue weighted by Crippen LogP contribution is 2.31. The minimum Gasteiger partial charge on any atom is -0.496 e. The molecule has 0 unspecified atom stereocenters. The fraction of sp³-hybridized carbons (Fsp3) is 0.231. The maximum absolute atomic E-state index is 13.2. The lowest BCUT2D eigenvalue weighted by atomic mass is 9.97. The molecule has 1 aliphatic heterocycles. The van der Waals surface area contributed by atoms with Gasteiger partial charge in [-0.15, -0.1) is 11.3 Å². The van der Waals surface area contributed by atoms with Crippen molar-refractivity contribution in [2.45, 2.75) is 18.8 Å². The van der Waals surface area contributed by atoms with Gasteiger partial charge in [-0.25, -0.2) is 9.97 Å². The molecule has 5 rings (SSSR count). The van der Waals surface area contributed by atoms with Crippen LogP contribution in [0.4, 0.5) is 0 Å². The number of carbonyl (C=O) groups excluding carboxylic acids is 3. The van der Waals surface area contributed by atoms with Gasteiger partial charge in [0, 0.05) is 53.8 Å². The zero-order chi connectivity index (χ0) is 25.8. The molecule has 0 radical (unpaired) electrons. The SMILES string of the molecule is COc1cc(C(=O)N2CCC(c3nc(C(=O)NNC(=O)c4ccncc4)cs3)CC2)nc2ccccc12. The molecule has 37 heavy (non-hydrogen) atoms. The van der Waals surface area contributed by atoms with Crippen molar-refractivity contribution in [2.24, 2.45) is 0 Å². The number of nitrogens with zero attached hydrogens (tertiary/aromatic N) is 4. The smallest absolute Gasteiger partial charge is 0.289 e. The molecule has 10 nitrogen and oxygen atoms in total. The number of ether oxygens (including phenoxy) is 1. The maximum atomic E-state index is 13.2. The number of piperidine rings is 1. The first-order chi connectivity index (χ1) is 18.0. The van der Waals surface area contributed by atoms with Crippen LogP contribution in [0.15, 0.2) is 60.2 Å². The summed E-state index contributed by atoms with van der Waals surface area (Å²) in [6.45, 7) is 1.12. The molecular weight excluding hydrogens is 492 g/mol. The zero-order valence-electron chi connectivity index (χ0n) is 20.0. The second kappa shape index (κ2) is 10.7. The number of para-hydroxylation sites is 1. The van der Waals surface area contributed by atoms with Crippen molar-refractivity contribution in [2.75, 3.05) is 20.2 Å². The molecule has 3 amide bonds. The number of hydrogen-bond acceptors (Lipinski definition) is 8. The van der Waals surface area contributed by atoms with Gasteiger partial charge in [-0.05, 0) is 37.1 Å². The molecule has 3 aromatic heterocycles. The molecule has 4 aromatic rings. The Kier molecular flexibility index (Phi) is 7.04. The van der Waals surface area contributed by atoms with Crippen molar-refractivity contribution < 1.29 is 19.1 Å². The van der Waals surface area contributed by atoms with Gasteiger partial charge in [-0.2, -0.15) is 0 Å². The first-order valence-electron chi connectivity index (χ1n) is 11.7. The molecule has 2 N–H and O–H groups in total.